The molecule has 0 unspecified atom stereocenters. The number of hydrogen-bond acceptors (Lipinski definition) is 4. The van der Waals surface area contributed by atoms with Crippen LogP contribution >= 0.6 is 0 Å². The summed E-state index contributed by atoms with van der Waals surface area (Å²) in [5, 5.41) is 11.7. The lowest BCUT2D eigenvalue weighted by atomic mass is 10.2. The summed E-state index contributed by atoms with van der Waals surface area (Å²) >= 11 is 0. The second kappa shape index (κ2) is 5.18. The molecule has 0 aliphatic rings. The molecule has 4 N–H and O–H groups in total. The number of carbonyl (C=O) groups excluding carboxylic acids is 1. The van der Waals surface area contributed by atoms with Gasteiger partial charge in [0, 0.05) is 5.69 Å². The van der Waals surface area contributed by atoms with Crippen molar-refractivity contribution in [3.05, 3.63) is 53.7 Å². The number of carbonyl (C=O) groups is 2. The largest absolute Gasteiger partial charge is 0.478 e. The number of anilines is 2. The number of nitrogens with one attached hydrogen (secondary N) is 1. The fourth-order valence-corrected chi connectivity index (χ4v) is 1.49. The van der Waals surface area contributed by atoms with Gasteiger partial charge < -0.3 is 16.2 Å². The van der Waals surface area contributed by atoms with Crippen LogP contribution in [0.4, 0.5) is 11.5 Å². The van der Waals surface area contributed by atoms with E-state index in [1.165, 1.54) is 18.2 Å². The van der Waals surface area contributed by atoms with Crippen LogP contribution in [-0.2, 0) is 0 Å². The van der Waals surface area contributed by atoms with Crippen LogP contribution in [-0.4, -0.2) is 22.0 Å². The maximum Gasteiger partial charge on any atom is 0.335 e. The number of carboxylic acid groups (broad SMARTS) is 1. The molecule has 6 nitrogen and oxygen atoms in total. The molecule has 6 heteroatoms. The Hall–Kier alpha value is -2.89. The fourth-order valence-electron chi connectivity index (χ4n) is 1.49. The summed E-state index contributed by atoms with van der Waals surface area (Å²) in [4.78, 5) is 25.7. The summed E-state index contributed by atoms with van der Waals surface area (Å²) in [6.45, 7) is 0. The molecule has 0 aliphatic heterocycles. The molecule has 0 atom stereocenters. The minimum Gasteiger partial charge on any atom is -0.478 e. The topological polar surface area (TPSA) is 105 Å². The van der Waals surface area contributed by atoms with Gasteiger partial charge in [-0.15, -0.1) is 0 Å². The van der Waals surface area contributed by atoms with E-state index < -0.39 is 11.9 Å². The number of aromatic carboxylic acids is 1. The maximum absolute atomic E-state index is 11.0. The van der Waals surface area contributed by atoms with Crippen LogP contribution < -0.4 is 11.1 Å². The summed E-state index contributed by atoms with van der Waals surface area (Å²) in [5.41, 5.74) is 6.16. The highest BCUT2D eigenvalue weighted by Gasteiger charge is 2.04. The summed E-state index contributed by atoms with van der Waals surface area (Å²) < 4.78 is 0. The number of amides is 1. The monoisotopic (exact) mass is 257 g/mol. The zero-order valence-electron chi connectivity index (χ0n) is 9.83. The normalized spacial score (nSPS) is 9.89. The Balaban J connectivity index is 2.19. The molecular formula is C13H11N3O3. The predicted molar refractivity (Wildman–Crippen MR) is 69.4 cm³/mol. The Labute approximate surface area is 108 Å². The van der Waals surface area contributed by atoms with Gasteiger partial charge >= 0.3 is 5.97 Å². The SMILES string of the molecule is NC(=O)c1cccc(Nc2ccc(C(=O)O)cc2)n1. The van der Waals surface area contributed by atoms with Crippen molar-refractivity contribution in [2.24, 2.45) is 5.73 Å². The van der Waals surface area contributed by atoms with Gasteiger partial charge in [0.2, 0.25) is 0 Å². The summed E-state index contributed by atoms with van der Waals surface area (Å²) in [6.07, 6.45) is 0. The van der Waals surface area contributed by atoms with Crippen molar-refractivity contribution in [2.75, 3.05) is 5.32 Å². The van der Waals surface area contributed by atoms with Crippen LogP contribution in [0.1, 0.15) is 20.8 Å². The van der Waals surface area contributed by atoms with Gasteiger partial charge in [0.05, 0.1) is 5.56 Å². The molecular weight excluding hydrogens is 246 g/mol. The minimum atomic E-state index is -0.986. The van der Waals surface area contributed by atoms with E-state index in [2.05, 4.69) is 10.3 Å². The van der Waals surface area contributed by atoms with Gasteiger partial charge in [-0.25, -0.2) is 9.78 Å². The molecule has 0 aliphatic carbocycles. The highest BCUT2D eigenvalue weighted by atomic mass is 16.4. The van der Waals surface area contributed by atoms with Crippen molar-refractivity contribution in [1.82, 2.24) is 4.98 Å². The zero-order valence-corrected chi connectivity index (χ0v) is 9.83. The first-order valence-corrected chi connectivity index (χ1v) is 5.43. The maximum atomic E-state index is 11.0. The van der Waals surface area contributed by atoms with E-state index in [9.17, 15) is 9.59 Å². The highest BCUT2D eigenvalue weighted by Crippen LogP contribution is 2.15. The van der Waals surface area contributed by atoms with Crippen LogP contribution in [0.2, 0.25) is 0 Å². The number of hydrogen-bond donors (Lipinski definition) is 3. The van der Waals surface area contributed by atoms with Crippen molar-refractivity contribution in [1.29, 1.82) is 0 Å². The van der Waals surface area contributed by atoms with E-state index >= 15 is 0 Å². The van der Waals surface area contributed by atoms with Crippen LogP contribution in [0.25, 0.3) is 0 Å². The van der Waals surface area contributed by atoms with E-state index in [1.54, 1.807) is 24.3 Å². The minimum absolute atomic E-state index is 0.159. The lowest BCUT2D eigenvalue weighted by molar-refractivity contribution is 0.0696. The Morgan fingerprint density at radius 1 is 1.11 bits per heavy atom. The van der Waals surface area contributed by atoms with Gasteiger partial charge in [-0.05, 0) is 36.4 Å². The van der Waals surface area contributed by atoms with E-state index in [1.807, 2.05) is 0 Å². The Morgan fingerprint density at radius 2 is 1.79 bits per heavy atom. The molecule has 0 bridgehead atoms. The molecule has 0 radical (unpaired) electrons. The summed E-state index contributed by atoms with van der Waals surface area (Å²) in [7, 11) is 0. The van der Waals surface area contributed by atoms with E-state index in [4.69, 9.17) is 10.8 Å². The van der Waals surface area contributed by atoms with Gasteiger partial charge in [-0.3, -0.25) is 4.79 Å². The van der Waals surface area contributed by atoms with Crippen LogP contribution in [0.3, 0.4) is 0 Å². The molecule has 0 spiro atoms. The van der Waals surface area contributed by atoms with Gasteiger partial charge in [0.15, 0.2) is 0 Å². The second-order valence-electron chi connectivity index (χ2n) is 3.78. The van der Waals surface area contributed by atoms with Crippen molar-refractivity contribution in [3.63, 3.8) is 0 Å². The first-order valence-electron chi connectivity index (χ1n) is 5.43. The molecule has 2 aromatic rings. The van der Waals surface area contributed by atoms with Crippen LogP contribution in [0.15, 0.2) is 42.5 Å². The van der Waals surface area contributed by atoms with Crippen molar-refractivity contribution in [3.8, 4) is 0 Å². The van der Waals surface area contributed by atoms with Crippen molar-refractivity contribution in [2.45, 2.75) is 0 Å². The lowest BCUT2D eigenvalue weighted by Crippen LogP contribution is -2.13. The fraction of sp³-hybridized carbons (Fsp3) is 0. The molecule has 2 rings (SSSR count). The molecule has 0 saturated carbocycles. The van der Waals surface area contributed by atoms with Gasteiger partial charge in [0.1, 0.15) is 11.5 Å². The van der Waals surface area contributed by atoms with E-state index in [0.717, 1.165) is 0 Å². The number of carboxylic acids is 1. The Kier molecular flexibility index (Phi) is 3.42. The molecule has 0 saturated heterocycles. The van der Waals surface area contributed by atoms with Gasteiger partial charge in [0.25, 0.3) is 5.91 Å². The number of aromatic nitrogens is 1. The van der Waals surface area contributed by atoms with E-state index in [0.29, 0.717) is 11.5 Å². The summed E-state index contributed by atoms with van der Waals surface area (Å²) in [6, 6.07) is 11.0. The third kappa shape index (κ3) is 3.06. The average Bonchev–Trinajstić information content (AvgIpc) is 2.39. The first-order chi connectivity index (χ1) is 9.06. The molecule has 1 aromatic carbocycles. The molecule has 0 fully saturated rings. The third-order valence-corrected chi connectivity index (χ3v) is 2.41. The third-order valence-electron chi connectivity index (χ3n) is 2.41. The van der Waals surface area contributed by atoms with Crippen LogP contribution in [0.5, 0.6) is 0 Å². The number of primary amides is 1. The van der Waals surface area contributed by atoms with E-state index in [-0.39, 0.29) is 11.3 Å². The number of nitrogens with two attached hydrogens (primary N) is 1. The molecule has 1 amide bonds. The first kappa shape index (κ1) is 12.6. The smallest absolute Gasteiger partial charge is 0.335 e. The number of benzene rings is 1. The predicted octanol–water partition coefficient (Wildman–Crippen LogP) is 1.62. The summed E-state index contributed by atoms with van der Waals surface area (Å²) in [5.74, 6) is -1.13. The standard InChI is InChI=1S/C13H11N3O3/c14-12(17)10-2-1-3-11(16-10)15-9-6-4-8(5-7-9)13(18)19/h1-7H,(H2,14,17)(H,15,16)(H,18,19). The number of nitrogens with zero attached hydrogens (tertiary/aromatic N) is 1. The molecule has 96 valence electrons. The number of pyridine rings is 1. The number of rotatable bonds is 4. The Morgan fingerprint density at radius 3 is 2.37 bits per heavy atom. The van der Waals surface area contributed by atoms with Crippen molar-refractivity contribution < 1.29 is 14.7 Å². The lowest BCUT2D eigenvalue weighted by Gasteiger charge is -2.06. The van der Waals surface area contributed by atoms with Gasteiger partial charge in [-0.1, -0.05) is 6.07 Å². The Bertz CT molecular complexity index is 623. The molecule has 1 aromatic heterocycles. The van der Waals surface area contributed by atoms with Crippen LogP contribution in [0, 0.1) is 0 Å². The molecule has 19 heavy (non-hydrogen) atoms. The quantitative estimate of drug-likeness (QED) is 0.771. The zero-order chi connectivity index (χ0) is 13.8. The van der Waals surface area contributed by atoms with Gasteiger partial charge in [-0.2, -0.15) is 0 Å². The second-order valence-corrected chi connectivity index (χ2v) is 3.78. The molecule has 1 heterocycles. The van der Waals surface area contributed by atoms with Crippen molar-refractivity contribution >= 4 is 23.4 Å². The average molecular weight is 257 g/mol. The highest BCUT2D eigenvalue weighted by molar-refractivity contribution is 5.91.